The molecule has 1 aliphatic carbocycles. The van der Waals surface area contributed by atoms with E-state index < -0.39 is 5.82 Å². The molecule has 3 aromatic rings. The first-order valence-corrected chi connectivity index (χ1v) is 10.2. The van der Waals surface area contributed by atoms with Gasteiger partial charge in [0.25, 0.3) is 0 Å². The number of pyridine rings is 1. The summed E-state index contributed by atoms with van der Waals surface area (Å²) in [5.41, 5.74) is 1.52. The molecule has 0 saturated heterocycles. The molecule has 0 amide bonds. The number of aliphatic hydroxyl groups excluding tert-OH is 1. The van der Waals surface area contributed by atoms with E-state index >= 15 is 4.39 Å². The first-order valence-electron chi connectivity index (χ1n) is 10.2. The van der Waals surface area contributed by atoms with Crippen LogP contribution in [0.15, 0.2) is 30.6 Å². The Bertz CT molecular complexity index is 1050. The maximum Gasteiger partial charge on any atom is 0.207 e. The van der Waals surface area contributed by atoms with Crippen molar-refractivity contribution in [1.82, 2.24) is 19.6 Å². The van der Waals surface area contributed by atoms with E-state index in [0.717, 1.165) is 31.2 Å². The molecular weight excluding hydrogens is 385 g/mol. The molecule has 8 nitrogen and oxygen atoms in total. The summed E-state index contributed by atoms with van der Waals surface area (Å²) in [5.74, 6) is 0.394. The molecule has 3 aromatic heterocycles. The largest absolute Gasteiger partial charge is 0.395 e. The highest BCUT2D eigenvalue weighted by Crippen LogP contribution is 2.31. The van der Waals surface area contributed by atoms with E-state index in [0.29, 0.717) is 23.7 Å². The molecule has 1 aliphatic rings. The third-order valence-electron chi connectivity index (χ3n) is 5.49. The highest BCUT2D eigenvalue weighted by Gasteiger charge is 2.24. The van der Waals surface area contributed by atoms with Crippen molar-refractivity contribution < 1.29 is 9.50 Å². The standard InChI is InChI=1S/C21H24FN7O/c22-18-20(24-10-12-30)27-19(16-13-25-29-11-2-1-3-17(16)29)28-21(18)26-15-6-4-14(5-7-15)8-9-23/h1-3,11,13-15,30H,4-8,10,12H2,(H2,24,26,27,28)/t14-,15-. The SMILES string of the molecule is N#CC[C@H]1CC[C@H](Nc2nc(-c3cnn4ccccc34)nc(NCCO)c2F)CC1. The summed E-state index contributed by atoms with van der Waals surface area (Å²) in [6, 6.07) is 8.00. The van der Waals surface area contributed by atoms with Gasteiger partial charge in [0.2, 0.25) is 5.82 Å². The summed E-state index contributed by atoms with van der Waals surface area (Å²) in [5, 5.41) is 28.4. The van der Waals surface area contributed by atoms with E-state index in [9.17, 15) is 0 Å². The Morgan fingerprint density at radius 3 is 2.77 bits per heavy atom. The number of aromatic nitrogens is 4. The number of rotatable bonds is 7. The maximum absolute atomic E-state index is 15.1. The molecule has 0 bridgehead atoms. The van der Waals surface area contributed by atoms with Gasteiger partial charge in [-0.3, -0.25) is 0 Å². The lowest BCUT2D eigenvalue weighted by atomic mass is 9.84. The van der Waals surface area contributed by atoms with Gasteiger partial charge in [-0.05, 0) is 43.7 Å². The second-order valence-corrected chi connectivity index (χ2v) is 7.52. The minimum absolute atomic E-state index is 0.0463. The van der Waals surface area contributed by atoms with Gasteiger partial charge in [-0.15, -0.1) is 0 Å². The van der Waals surface area contributed by atoms with Crippen LogP contribution in [0, 0.1) is 23.1 Å². The molecule has 3 N–H and O–H groups in total. The van der Waals surface area contributed by atoms with E-state index in [4.69, 9.17) is 10.4 Å². The fraction of sp³-hybridized carbons (Fsp3) is 0.429. The summed E-state index contributed by atoms with van der Waals surface area (Å²) >= 11 is 0. The average Bonchev–Trinajstić information content (AvgIpc) is 3.20. The van der Waals surface area contributed by atoms with Crippen LogP contribution in [0.25, 0.3) is 16.9 Å². The Balaban J connectivity index is 1.64. The Hall–Kier alpha value is -3.25. The van der Waals surface area contributed by atoms with Gasteiger partial charge in [-0.1, -0.05) is 6.07 Å². The molecule has 0 unspecified atom stereocenters. The normalized spacial score (nSPS) is 18.8. The van der Waals surface area contributed by atoms with Crippen molar-refractivity contribution in [3.8, 4) is 17.5 Å². The minimum atomic E-state index is -0.567. The molecule has 0 aromatic carbocycles. The second-order valence-electron chi connectivity index (χ2n) is 7.52. The lowest BCUT2D eigenvalue weighted by Gasteiger charge is -2.28. The number of halogens is 1. The Kier molecular flexibility index (Phi) is 6.05. The smallest absolute Gasteiger partial charge is 0.207 e. The van der Waals surface area contributed by atoms with Gasteiger partial charge in [-0.2, -0.15) is 14.8 Å². The molecule has 9 heteroatoms. The lowest BCUT2D eigenvalue weighted by Crippen LogP contribution is -2.27. The van der Waals surface area contributed by atoms with Gasteiger partial charge >= 0.3 is 0 Å². The number of hydrogen-bond acceptors (Lipinski definition) is 7. The van der Waals surface area contributed by atoms with E-state index in [-0.39, 0.29) is 30.8 Å². The first kappa shape index (κ1) is 20.0. The van der Waals surface area contributed by atoms with Crippen molar-refractivity contribution in [2.24, 2.45) is 5.92 Å². The van der Waals surface area contributed by atoms with Crippen LogP contribution >= 0.6 is 0 Å². The quantitative estimate of drug-likeness (QED) is 0.549. The summed E-state index contributed by atoms with van der Waals surface area (Å²) in [4.78, 5) is 8.83. The molecule has 0 atom stereocenters. The van der Waals surface area contributed by atoms with Crippen molar-refractivity contribution in [3.05, 3.63) is 36.4 Å². The minimum Gasteiger partial charge on any atom is -0.395 e. The number of nitriles is 1. The molecule has 3 heterocycles. The summed E-state index contributed by atoms with van der Waals surface area (Å²) in [6.07, 6.45) is 7.66. The summed E-state index contributed by atoms with van der Waals surface area (Å²) in [6.45, 7) is 0.0437. The zero-order valence-corrected chi connectivity index (χ0v) is 16.6. The van der Waals surface area contributed by atoms with Crippen LogP contribution in [0.1, 0.15) is 32.1 Å². The Morgan fingerprint density at radius 1 is 1.20 bits per heavy atom. The number of aliphatic hydroxyl groups is 1. The van der Waals surface area contributed by atoms with Crippen LogP contribution in [-0.4, -0.2) is 43.9 Å². The molecule has 0 spiro atoms. The zero-order valence-electron chi connectivity index (χ0n) is 16.6. The second kappa shape index (κ2) is 9.05. The molecule has 4 rings (SSSR count). The Labute approximate surface area is 173 Å². The van der Waals surface area contributed by atoms with Gasteiger partial charge in [0, 0.05) is 25.2 Å². The van der Waals surface area contributed by atoms with Crippen molar-refractivity contribution >= 4 is 17.2 Å². The number of fused-ring (bicyclic) bond motifs is 1. The topological polar surface area (TPSA) is 111 Å². The first-order chi connectivity index (χ1) is 14.7. The van der Waals surface area contributed by atoms with Gasteiger partial charge < -0.3 is 15.7 Å². The average molecular weight is 409 g/mol. The Morgan fingerprint density at radius 2 is 2.00 bits per heavy atom. The molecule has 1 saturated carbocycles. The number of nitrogens with one attached hydrogen (secondary N) is 2. The van der Waals surface area contributed by atoms with Crippen LogP contribution in [0.2, 0.25) is 0 Å². The van der Waals surface area contributed by atoms with Gasteiger partial charge in [-0.25, -0.2) is 14.5 Å². The summed E-state index contributed by atoms with van der Waals surface area (Å²) in [7, 11) is 0. The fourth-order valence-corrected chi connectivity index (χ4v) is 3.89. The zero-order chi connectivity index (χ0) is 20.9. The molecule has 156 valence electrons. The number of nitrogens with zero attached hydrogens (tertiary/aromatic N) is 5. The van der Waals surface area contributed by atoms with Gasteiger partial charge in [0.05, 0.1) is 30.0 Å². The van der Waals surface area contributed by atoms with Crippen LogP contribution in [0.3, 0.4) is 0 Å². The number of anilines is 2. The van der Waals surface area contributed by atoms with Crippen LogP contribution in [0.4, 0.5) is 16.0 Å². The number of hydrogen-bond donors (Lipinski definition) is 3. The predicted octanol–water partition coefficient (Wildman–Crippen LogP) is 3.22. The van der Waals surface area contributed by atoms with E-state index in [1.165, 1.54) is 0 Å². The van der Waals surface area contributed by atoms with E-state index in [1.54, 1.807) is 10.7 Å². The molecule has 1 fully saturated rings. The van der Waals surface area contributed by atoms with Crippen molar-refractivity contribution in [2.45, 2.75) is 38.1 Å². The van der Waals surface area contributed by atoms with Crippen molar-refractivity contribution in [1.29, 1.82) is 5.26 Å². The highest BCUT2D eigenvalue weighted by atomic mass is 19.1. The monoisotopic (exact) mass is 409 g/mol. The van der Waals surface area contributed by atoms with Crippen LogP contribution in [0.5, 0.6) is 0 Å². The third-order valence-corrected chi connectivity index (χ3v) is 5.49. The summed E-state index contributed by atoms with van der Waals surface area (Å²) < 4.78 is 16.8. The third kappa shape index (κ3) is 4.19. The molecule has 0 radical (unpaired) electrons. The molecule has 0 aliphatic heterocycles. The molecule has 30 heavy (non-hydrogen) atoms. The highest BCUT2D eigenvalue weighted by molar-refractivity contribution is 5.77. The van der Waals surface area contributed by atoms with Crippen molar-refractivity contribution in [3.63, 3.8) is 0 Å². The molecular formula is C21H24FN7O. The van der Waals surface area contributed by atoms with E-state index in [1.807, 2.05) is 24.4 Å². The van der Waals surface area contributed by atoms with Crippen molar-refractivity contribution in [2.75, 3.05) is 23.8 Å². The predicted molar refractivity (Wildman–Crippen MR) is 111 cm³/mol. The maximum atomic E-state index is 15.1. The van der Waals surface area contributed by atoms with Crippen LogP contribution < -0.4 is 10.6 Å². The lowest BCUT2D eigenvalue weighted by molar-refractivity contribution is 0.310. The van der Waals surface area contributed by atoms with Gasteiger partial charge in [0.15, 0.2) is 17.5 Å². The van der Waals surface area contributed by atoms with Gasteiger partial charge in [0.1, 0.15) is 0 Å². The van der Waals surface area contributed by atoms with Crippen LogP contribution in [-0.2, 0) is 0 Å². The fourth-order valence-electron chi connectivity index (χ4n) is 3.89. The van der Waals surface area contributed by atoms with E-state index in [2.05, 4.69) is 31.8 Å².